The van der Waals surface area contributed by atoms with Gasteiger partial charge < -0.3 is 9.63 Å². The van der Waals surface area contributed by atoms with Gasteiger partial charge in [-0.1, -0.05) is 45.4 Å². The van der Waals surface area contributed by atoms with Crippen LogP contribution in [0.3, 0.4) is 0 Å². The quantitative estimate of drug-likeness (QED) is 0.546. The van der Waals surface area contributed by atoms with E-state index in [1.54, 1.807) is 18.2 Å². The second kappa shape index (κ2) is 6.31. The molecular weight excluding hydrogens is 364 g/mol. The highest BCUT2D eigenvalue weighted by Crippen LogP contribution is 2.36. The predicted molar refractivity (Wildman–Crippen MR) is 87.7 cm³/mol. The third kappa shape index (κ3) is 2.88. The number of benzene rings is 2. The van der Waals surface area contributed by atoms with Crippen LogP contribution >= 0.6 is 15.9 Å². The molecule has 3 rings (SSSR count). The van der Waals surface area contributed by atoms with Crippen LogP contribution < -0.4 is 0 Å². The Bertz CT molecular complexity index is 876. The number of hydrogen-bond donors (Lipinski definition) is 1. The minimum absolute atomic E-state index is 0.0868. The van der Waals surface area contributed by atoms with Crippen molar-refractivity contribution in [2.45, 2.75) is 6.61 Å². The molecule has 1 aromatic heterocycles. The Hall–Kier alpha value is -2.51. The zero-order valence-electron chi connectivity index (χ0n) is 11.8. The van der Waals surface area contributed by atoms with Crippen LogP contribution in [0.1, 0.15) is 5.56 Å². The molecule has 0 amide bonds. The largest absolute Gasteiger partial charge is 0.391 e. The predicted octanol–water partition coefficient (Wildman–Crippen LogP) is 4.17. The molecule has 0 unspecified atom stereocenters. The summed E-state index contributed by atoms with van der Waals surface area (Å²) < 4.78 is 6.21. The number of nitrogens with zero attached hydrogens (tertiary/aromatic N) is 2. The number of rotatable bonds is 4. The molecule has 3 aromatic rings. The summed E-state index contributed by atoms with van der Waals surface area (Å²) in [6, 6.07) is 13.6. The standard InChI is InChI=1S/C16H11BrN2O4/c17-11-5-3-4-10(8-11)16-13(9-20)15(18-23-16)12-6-1-2-7-14(12)19(21)22/h1-8,20H,9H2. The Kier molecular flexibility index (Phi) is 4.22. The van der Waals surface area contributed by atoms with E-state index >= 15 is 0 Å². The zero-order chi connectivity index (χ0) is 16.4. The number of para-hydroxylation sites is 1. The Labute approximate surface area is 139 Å². The van der Waals surface area contributed by atoms with Crippen molar-refractivity contribution < 1.29 is 14.6 Å². The minimum atomic E-state index is -0.482. The zero-order valence-corrected chi connectivity index (χ0v) is 13.4. The molecule has 1 N–H and O–H groups in total. The Morgan fingerprint density at radius 3 is 2.70 bits per heavy atom. The fourth-order valence-electron chi connectivity index (χ4n) is 2.36. The van der Waals surface area contributed by atoms with Crippen molar-refractivity contribution >= 4 is 21.6 Å². The smallest absolute Gasteiger partial charge is 0.278 e. The van der Waals surface area contributed by atoms with Gasteiger partial charge in [-0.3, -0.25) is 10.1 Å². The molecule has 0 fully saturated rings. The van der Waals surface area contributed by atoms with Gasteiger partial charge >= 0.3 is 0 Å². The minimum Gasteiger partial charge on any atom is -0.391 e. The maximum Gasteiger partial charge on any atom is 0.278 e. The van der Waals surface area contributed by atoms with E-state index < -0.39 is 4.92 Å². The SMILES string of the molecule is O=[N+]([O-])c1ccccc1-c1noc(-c2cccc(Br)c2)c1CO. The molecule has 1 heterocycles. The second-order valence-electron chi connectivity index (χ2n) is 4.78. The Balaban J connectivity index is 2.18. The van der Waals surface area contributed by atoms with Gasteiger partial charge in [0.2, 0.25) is 0 Å². The number of halogens is 1. The lowest BCUT2D eigenvalue weighted by atomic mass is 10.0. The fraction of sp³-hybridized carbons (Fsp3) is 0.0625. The summed E-state index contributed by atoms with van der Waals surface area (Å²) in [6.45, 7) is -0.341. The third-order valence-electron chi connectivity index (χ3n) is 3.39. The average molecular weight is 375 g/mol. The van der Waals surface area contributed by atoms with Crippen LogP contribution in [0.2, 0.25) is 0 Å². The van der Waals surface area contributed by atoms with E-state index in [9.17, 15) is 15.2 Å². The number of aliphatic hydroxyl groups is 1. The van der Waals surface area contributed by atoms with Crippen molar-refractivity contribution in [3.8, 4) is 22.6 Å². The molecule has 0 spiro atoms. The summed E-state index contributed by atoms with van der Waals surface area (Å²) in [5.41, 5.74) is 1.63. The first kappa shape index (κ1) is 15.4. The first-order chi connectivity index (χ1) is 11.1. The van der Waals surface area contributed by atoms with Crippen LogP contribution in [0, 0.1) is 10.1 Å². The molecule has 0 aliphatic heterocycles. The summed E-state index contributed by atoms with van der Waals surface area (Å²) in [4.78, 5) is 10.7. The lowest BCUT2D eigenvalue weighted by Gasteiger charge is -2.03. The van der Waals surface area contributed by atoms with Crippen molar-refractivity contribution in [1.29, 1.82) is 0 Å². The molecule has 116 valence electrons. The van der Waals surface area contributed by atoms with Crippen molar-refractivity contribution in [3.05, 3.63) is 68.7 Å². The third-order valence-corrected chi connectivity index (χ3v) is 3.88. The van der Waals surface area contributed by atoms with Gasteiger partial charge in [0, 0.05) is 16.1 Å². The van der Waals surface area contributed by atoms with E-state index in [1.165, 1.54) is 6.07 Å². The number of aromatic nitrogens is 1. The molecule has 0 aliphatic rings. The molecule has 0 aliphatic carbocycles. The van der Waals surface area contributed by atoms with Crippen LogP contribution in [0.15, 0.2) is 57.5 Å². The van der Waals surface area contributed by atoms with Crippen LogP contribution in [-0.4, -0.2) is 15.2 Å². The van der Waals surface area contributed by atoms with Crippen molar-refractivity contribution in [3.63, 3.8) is 0 Å². The molecule has 0 bridgehead atoms. The summed E-state index contributed by atoms with van der Waals surface area (Å²) in [7, 11) is 0. The first-order valence-electron chi connectivity index (χ1n) is 6.71. The summed E-state index contributed by atoms with van der Waals surface area (Å²) in [6.07, 6.45) is 0. The van der Waals surface area contributed by atoms with Crippen molar-refractivity contribution in [1.82, 2.24) is 5.16 Å². The fourth-order valence-corrected chi connectivity index (χ4v) is 2.76. The lowest BCUT2D eigenvalue weighted by Crippen LogP contribution is -1.94. The maximum atomic E-state index is 11.2. The van der Waals surface area contributed by atoms with E-state index in [0.29, 0.717) is 16.9 Å². The van der Waals surface area contributed by atoms with Gasteiger partial charge in [-0.05, 0) is 18.2 Å². The monoisotopic (exact) mass is 374 g/mol. The topological polar surface area (TPSA) is 89.4 Å². The molecule has 23 heavy (non-hydrogen) atoms. The van der Waals surface area contributed by atoms with Gasteiger partial charge in [0.05, 0.1) is 22.7 Å². The van der Waals surface area contributed by atoms with Gasteiger partial charge in [-0.25, -0.2) is 0 Å². The summed E-state index contributed by atoms with van der Waals surface area (Å²) in [5, 5.41) is 24.9. The van der Waals surface area contributed by atoms with Gasteiger partial charge in [-0.2, -0.15) is 0 Å². The molecule has 0 atom stereocenters. The molecule has 7 heteroatoms. The first-order valence-corrected chi connectivity index (χ1v) is 7.50. The van der Waals surface area contributed by atoms with Crippen LogP contribution in [0.5, 0.6) is 0 Å². The number of nitro benzene ring substituents is 1. The number of aliphatic hydroxyl groups excluding tert-OH is 1. The Morgan fingerprint density at radius 1 is 1.22 bits per heavy atom. The van der Waals surface area contributed by atoms with E-state index in [2.05, 4.69) is 21.1 Å². The molecular formula is C16H11BrN2O4. The van der Waals surface area contributed by atoms with E-state index in [4.69, 9.17) is 4.52 Å². The maximum absolute atomic E-state index is 11.2. The van der Waals surface area contributed by atoms with E-state index in [-0.39, 0.29) is 18.0 Å². The molecule has 6 nitrogen and oxygen atoms in total. The van der Waals surface area contributed by atoms with Gasteiger partial charge in [0.15, 0.2) is 5.76 Å². The Morgan fingerprint density at radius 2 is 2.00 bits per heavy atom. The molecule has 2 aromatic carbocycles. The van der Waals surface area contributed by atoms with Gasteiger partial charge in [-0.15, -0.1) is 0 Å². The van der Waals surface area contributed by atoms with Gasteiger partial charge in [0.25, 0.3) is 5.69 Å². The summed E-state index contributed by atoms with van der Waals surface area (Å²) >= 11 is 3.37. The van der Waals surface area contributed by atoms with Crippen LogP contribution in [-0.2, 0) is 6.61 Å². The van der Waals surface area contributed by atoms with Crippen molar-refractivity contribution in [2.75, 3.05) is 0 Å². The normalized spacial score (nSPS) is 10.7. The van der Waals surface area contributed by atoms with Crippen molar-refractivity contribution in [2.24, 2.45) is 0 Å². The van der Waals surface area contributed by atoms with Gasteiger partial charge in [0.1, 0.15) is 5.69 Å². The highest BCUT2D eigenvalue weighted by Gasteiger charge is 2.24. The highest BCUT2D eigenvalue weighted by molar-refractivity contribution is 9.10. The number of hydrogen-bond acceptors (Lipinski definition) is 5. The van der Waals surface area contributed by atoms with Crippen LogP contribution in [0.4, 0.5) is 5.69 Å². The molecule has 0 saturated carbocycles. The molecule has 0 saturated heterocycles. The second-order valence-corrected chi connectivity index (χ2v) is 5.70. The average Bonchev–Trinajstić information content (AvgIpc) is 2.98. The van der Waals surface area contributed by atoms with Crippen LogP contribution in [0.25, 0.3) is 22.6 Å². The number of nitro groups is 1. The highest BCUT2D eigenvalue weighted by atomic mass is 79.9. The summed E-state index contributed by atoms with van der Waals surface area (Å²) in [5.74, 6) is 0.391. The lowest BCUT2D eigenvalue weighted by molar-refractivity contribution is -0.384. The molecule has 0 radical (unpaired) electrons. The van der Waals surface area contributed by atoms with E-state index in [0.717, 1.165) is 10.0 Å². The van der Waals surface area contributed by atoms with E-state index in [1.807, 2.05) is 24.3 Å².